The van der Waals surface area contributed by atoms with Gasteiger partial charge in [0.25, 0.3) is 0 Å². The lowest BCUT2D eigenvalue weighted by Gasteiger charge is -1.95. The Morgan fingerprint density at radius 2 is 2.00 bits per heavy atom. The zero-order valence-electron chi connectivity index (χ0n) is 5.78. The monoisotopic (exact) mass is 256 g/mol. The fourth-order valence-corrected chi connectivity index (χ4v) is 0.762. The molecule has 0 unspecified atom stereocenters. The van der Waals surface area contributed by atoms with E-state index < -0.39 is 22.3 Å². The third kappa shape index (κ3) is 4.97. The van der Waals surface area contributed by atoms with E-state index in [1.165, 1.54) is 0 Å². The van der Waals surface area contributed by atoms with E-state index in [9.17, 15) is 18.0 Å². The molecule has 2 amide bonds. The number of hydrogen-bond donors (Lipinski definition) is 1. The van der Waals surface area contributed by atoms with Crippen LogP contribution >= 0.6 is 15.9 Å². The van der Waals surface area contributed by atoms with Crippen molar-refractivity contribution in [3.05, 3.63) is 0 Å². The molecule has 8 heteroatoms. The Kier molecular flexibility index (Phi) is 5.47. The van der Waals surface area contributed by atoms with E-state index in [0.29, 0.717) is 5.33 Å². The highest BCUT2D eigenvalue weighted by atomic mass is 79.9. The van der Waals surface area contributed by atoms with Gasteiger partial charge in [-0.2, -0.15) is 8.42 Å². The topological polar surface area (TPSA) is 92.7 Å². The first-order valence-corrected chi connectivity index (χ1v) is 4.92. The molecule has 0 aromatic rings. The van der Waals surface area contributed by atoms with Crippen LogP contribution in [0.25, 0.3) is 0 Å². The zero-order valence-corrected chi connectivity index (χ0v) is 8.18. The van der Waals surface area contributed by atoms with Gasteiger partial charge in [-0.05, 0) is 0 Å². The van der Waals surface area contributed by atoms with E-state index in [1.54, 1.807) is 0 Å². The maximum atomic E-state index is 10.6. The third-order valence-electron chi connectivity index (χ3n) is 0.732. The summed E-state index contributed by atoms with van der Waals surface area (Å²) in [6, 6.07) is 0. The molecule has 0 aliphatic heterocycles. The minimum atomic E-state index is -2.87. The van der Waals surface area contributed by atoms with Gasteiger partial charge in [0.1, 0.15) is 0 Å². The van der Waals surface area contributed by atoms with Crippen LogP contribution < -0.4 is 5.32 Å². The third-order valence-corrected chi connectivity index (χ3v) is 1.44. The Hall–Kier alpha value is -0.760. The number of alkyl halides is 1. The predicted octanol–water partition coefficient (Wildman–Crippen LogP) is -0.913. The molecule has 0 spiro atoms. The molecule has 6 nitrogen and oxygen atoms in total. The molecule has 0 aliphatic rings. The second-order valence-electron chi connectivity index (χ2n) is 1.56. The summed E-state index contributed by atoms with van der Waals surface area (Å²) >= 11 is 3.00. The smallest absolute Gasteiger partial charge is 0.347 e. The number of amides is 2. The molecule has 0 heterocycles. The van der Waals surface area contributed by atoms with Crippen molar-refractivity contribution in [1.82, 2.24) is 5.32 Å². The van der Waals surface area contributed by atoms with Gasteiger partial charge < -0.3 is 5.32 Å². The van der Waals surface area contributed by atoms with Crippen molar-refractivity contribution in [3.8, 4) is 0 Å². The van der Waals surface area contributed by atoms with Crippen molar-refractivity contribution in [2.24, 2.45) is 4.36 Å². The van der Waals surface area contributed by atoms with E-state index in [4.69, 9.17) is 0 Å². The van der Waals surface area contributed by atoms with Gasteiger partial charge in [-0.1, -0.05) is 20.3 Å². The van der Waals surface area contributed by atoms with Gasteiger partial charge >= 0.3 is 22.3 Å². The van der Waals surface area contributed by atoms with E-state index in [1.807, 2.05) is 0 Å². The van der Waals surface area contributed by atoms with Crippen LogP contribution in [0, 0.1) is 0 Å². The molecular weight excluding hydrogens is 252 g/mol. The standard InChI is InChI=1S/C4H5BrN2O4S/c5-1-2-6-3(8)4(9)7-12(10)11/h1-2H2,(H,6,8). The van der Waals surface area contributed by atoms with Crippen molar-refractivity contribution in [2.45, 2.75) is 0 Å². The molecular formula is C4H5BrN2O4S. The summed E-state index contributed by atoms with van der Waals surface area (Å²) in [5.41, 5.74) is 0. The van der Waals surface area contributed by atoms with E-state index in [2.05, 4.69) is 25.6 Å². The maximum absolute atomic E-state index is 10.6. The highest BCUT2D eigenvalue weighted by Gasteiger charge is 2.11. The van der Waals surface area contributed by atoms with Crippen LogP contribution in [0.15, 0.2) is 4.36 Å². The molecule has 0 atom stereocenters. The van der Waals surface area contributed by atoms with Crippen molar-refractivity contribution >= 4 is 38.2 Å². The molecule has 0 bridgehead atoms. The first-order valence-electron chi connectivity index (χ1n) is 2.77. The molecule has 0 aromatic heterocycles. The fraction of sp³-hybridized carbons (Fsp3) is 0.500. The quantitative estimate of drug-likeness (QED) is 0.511. The zero-order chi connectivity index (χ0) is 9.56. The van der Waals surface area contributed by atoms with Crippen molar-refractivity contribution in [1.29, 1.82) is 0 Å². The summed E-state index contributed by atoms with van der Waals surface area (Å²) in [4.78, 5) is 21.1. The predicted molar refractivity (Wildman–Crippen MR) is 43.2 cm³/mol. The average molecular weight is 257 g/mol. The number of nitrogens with one attached hydrogen (secondary N) is 1. The van der Waals surface area contributed by atoms with E-state index >= 15 is 0 Å². The SMILES string of the molecule is O=C(N=S(=O)=O)C(=O)NCCBr. The first kappa shape index (κ1) is 11.2. The van der Waals surface area contributed by atoms with Gasteiger partial charge in [-0.15, -0.1) is 0 Å². The Labute approximate surface area is 78.2 Å². The highest BCUT2D eigenvalue weighted by molar-refractivity contribution is 9.09. The Balaban J connectivity index is 4.13. The molecule has 0 aromatic carbocycles. The van der Waals surface area contributed by atoms with Crippen LogP contribution in [-0.2, 0) is 20.1 Å². The lowest BCUT2D eigenvalue weighted by atomic mass is 10.5. The number of nitrogens with zero attached hydrogens (tertiary/aromatic N) is 1. The molecule has 0 rings (SSSR count). The average Bonchev–Trinajstić information content (AvgIpc) is 1.98. The van der Waals surface area contributed by atoms with Gasteiger partial charge in [-0.25, -0.2) is 0 Å². The van der Waals surface area contributed by atoms with Crippen LogP contribution in [0.1, 0.15) is 0 Å². The summed E-state index contributed by atoms with van der Waals surface area (Å²) in [7, 11) is -2.87. The number of halogens is 1. The number of carbonyl (C=O) groups excluding carboxylic acids is 2. The Bertz CT molecular complexity index is 301. The second-order valence-corrected chi connectivity index (χ2v) is 2.97. The van der Waals surface area contributed by atoms with Crippen LogP contribution in [-0.4, -0.2) is 32.1 Å². The summed E-state index contributed by atoms with van der Waals surface area (Å²) in [6.07, 6.45) is 0. The van der Waals surface area contributed by atoms with Crippen LogP contribution in [0.5, 0.6) is 0 Å². The lowest BCUT2D eigenvalue weighted by molar-refractivity contribution is -0.136. The second kappa shape index (κ2) is 5.84. The maximum Gasteiger partial charge on any atom is 0.349 e. The minimum Gasteiger partial charge on any atom is -0.347 e. The van der Waals surface area contributed by atoms with Crippen LogP contribution in [0.4, 0.5) is 0 Å². The first-order chi connectivity index (χ1) is 5.57. The summed E-state index contributed by atoms with van der Waals surface area (Å²) < 4.78 is 22.1. The fourth-order valence-electron chi connectivity index (χ4n) is 0.346. The van der Waals surface area contributed by atoms with Gasteiger partial charge in [0.15, 0.2) is 0 Å². The molecule has 0 saturated carbocycles. The van der Waals surface area contributed by atoms with Gasteiger partial charge in [-0.3, -0.25) is 9.59 Å². The van der Waals surface area contributed by atoms with Crippen molar-refractivity contribution in [3.63, 3.8) is 0 Å². The van der Waals surface area contributed by atoms with Crippen LogP contribution in [0.2, 0.25) is 0 Å². The summed E-state index contributed by atoms with van der Waals surface area (Å²) in [6.45, 7) is 0.242. The van der Waals surface area contributed by atoms with E-state index in [0.717, 1.165) is 0 Å². The normalized spacial score (nSPS) is 8.75. The lowest BCUT2D eigenvalue weighted by Crippen LogP contribution is -2.31. The molecule has 0 saturated heterocycles. The minimum absolute atomic E-state index is 0.242. The Morgan fingerprint density at radius 1 is 1.42 bits per heavy atom. The summed E-state index contributed by atoms with van der Waals surface area (Å²) in [5.74, 6) is -2.34. The molecule has 0 radical (unpaired) electrons. The van der Waals surface area contributed by atoms with Crippen LogP contribution in [0.3, 0.4) is 0 Å². The molecule has 0 aliphatic carbocycles. The summed E-state index contributed by atoms with van der Waals surface area (Å²) in [5, 5.41) is 2.61. The Morgan fingerprint density at radius 3 is 2.42 bits per heavy atom. The number of rotatable bonds is 2. The van der Waals surface area contributed by atoms with Gasteiger partial charge in [0.05, 0.1) is 0 Å². The van der Waals surface area contributed by atoms with E-state index in [-0.39, 0.29) is 6.54 Å². The van der Waals surface area contributed by atoms with Crippen molar-refractivity contribution < 1.29 is 18.0 Å². The highest BCUT2D eigenvalue weighted by Crippen LogP contribution is 1.78. The number of carbonyl (C=O) groups is 2. The molecule has 68 valence electrons. The molecule has 0 fully saturated rings. The van der Waals surface area contributed by atoms with Gasteiger partial charge in [0, 0.05) is 11.9 Å². The molecule has 1 N–H and O–H groups in total. The van der Waals surface area contributed by atoms with Crippen molar-refractivity contribution in [2.75, 3.05) is 11.9 Å². The largest absolute Gasteiger partial charge is 0.349 e. The molecule has 12 heavy (non-hydrogen) atoms. The number of hydrogen-bond acceptors (Lipinski definition) is 4. The van der Waals surface area contributed by atoms with Gasteiger partial charge in [0.2, 0.25) is 0 Å².